The Labute approximate surface area is 152 Å². The maximum atomic E-state index is 13.7. The Hall–Kier alpha value is -3.15. The summed E-state index contributed by atoms with van der Waals surface area (Å²) in [5.74, 6) is 2.60. The molecule has 1 aromatic heterocycles. The summed E-state index contributed by atoms with van der Waals surface area (Å²) in [5, 5.41) is 6.43. The third-order valence-corrected chi connectivity index (χ3v) is 3.89. The Kier molecular flexibility index (Phi) is 5.63. The minimum atomic E-state index is -0.233. The Balaban J connectivity index is 1.64. The smallest absolute Gasteiger partial charge is 0.132 e. The van der Waals surface area contributed by atoms with Crippen molar-refractivity contribution in [1.82, 2.24) is 9.97 Å². The first-order valence-electron chi connectivity index (χ1n) is 8.34. The summed E-state index contributed by atoms with van der Waals surface area (Å²) in [4.78, 5) is 8.75. The van der Waals surface area contributed by atoms with Gasteiger partial charge in [-0.3, -0.25) is 0 Å². The van der Waals surface area contributed by atoms with Gasteiger partial charge in [0.1, 0.15) is 29.0 Å². The van der Waals surface area contributed by atoms with Crippen LogP contribution in [0.25, 0.3) is 0 Å². The van der Waals surface area contributed by atoms with Gasteiger partial charge in [0.25, 0.3) is 0 Å². The summed E-state index contributed by atoms with van der Waals surface area (Å²) in [6.45, 7) is 2.82. The van der Waals surface area contributed by atoms with E-state index in [0.717, 1.165) is 11.3 Å². The molecule has 3 aromatic rings. The Bertz CT molecular complexity index is 868. The van der Waals surface area contributed by atoms with E-state index < -0.39 is 0 Å². The highest BCUT2D eigenvalue weighted by Crippen LogP contribution is 2.16. The highest BCUT2D eigenvalue weighted by atomic mass is 19.1. The van der Waals surface area contributed by atoms with Crippen LogP contribution in [0.4, 0.5) is 16.0 Å². The van der Waals surface area contributed by atoms with Gasteiger partial charge in [-0.25, -0.2) is 14.4 Å². The van der Waals surface area contributed by atoms with E-state index in [1.54, 1.807) is 19.2 Å². The number of ether oxygens (including phenoxy) is 1. The first-order valence-corrected chi connectivity index (χ1v) is 8.34. The molecule has 0 aliphatic heterocycles. The number of nitrogens with one attached hydrogen (secondary N) is 2. The highest BCUT2D eigenvalue weighted by molar-refractivity contribution is 5.48. The predicted octanol–water partition coefficient (Wildman–Crippen LogP) is 4.16. The maximum Gasteiger partial charge on any atom is 0.132 e. The number of aromatic nitrogens is 2. The molecule has 0 aliphatic rings. The van der Waals surface area contributed by atoms with E-state index >= 15 is 0 Å². The molecule has 5 nitrogen and oxygen atoms in total. The van der Waals surface area contributed by atoms with Gasteiger partial charge in [-0.1, -0.05) is 30.3 Å². The molecule has 0 saturated carbocycles. The SMILES string of the molecule is COc1ccc(CNc2cc(NCc3ccccc3F)nc(C)n2)cc1. The number of hydrogen-bond acceptors (Lipinski definition) is 5. The van der Waals surface area contributed by atoms with E-state index in [1.807, 2.05) is 43.3 Å². The molecule has 0 aliphatic carbocycles. The quantitative estimate of drug-likeness (QED) is 0.669. The molecule has 3 rings (SSSR count). The number of aryl methyl sites for hydroxylation is 1. The second-order valence-electron chi connectivity index (χ2n) is 5.83. The van der Waals surface area contributed by atoms with Gasteiger partial charge < -0.3 is 15.4 Å². The fourth-order valence-electron chi connectivity index (χ4n) is 2.51. The summed E-state index contributed by atoms with van der Waals surface area (Å²) >= 11 is 0. The van der Waals surface area contributed by atoms with Gasteiger partial charge in [-0.15, -0.1) is 0 Å². The van der Waals surface area contributed by atoms with Crippen molar-refractivity contribution in [3.63, 3.8) is 0 Å². The highest BCUT2D eigenvalue weighted by Gasteiger charge is 2.05. The maximum absolute atomic E-state index is 13.7. The molecule has 0 atom stereocenters. The van der Waals surface area contributed by atoms with Gasteiger partial charge in [0, 0.05) is 24.7 Å². The van der Waals surface area contributed by atoms with Crippen LogP contribution in [0.1, 0.15) is 17.0 Å². The van der Waals surface area contributed by atoms with Crippen molar-refractivity contribution in [2.45, 2.75) is 20.0 Å². The molecule has 0 bridgehead atoms. The molecule has 26 heavy (non-hydrogen) atoms. The number of halogens is 1. The van der Waals surface area contributed by atoms with Crippen molar-refractivity contribution in [2.75, 3.05) is 17.7 Å². The van der Waals surface area contributed by atoms with Crippen LogP contribution >= 0.6 is 0 Å². The van der Waals surface area contributed by atoms with E-state index in [9.17, 15) is 4.39 Å². The first-order chi connectivity index (χ1) is 12.6. The molecule has 0 spiro atoms. The van der Waals surface area contributed by atoms with Gasteiger partial charge >= 0.3 is 0 Å². The van der Waals surface area contributed by atoms with Crippen LogP contribution in [0.3, 0.4) is 0 Å². The second-order valence-corrected chi connectivity index (χ2v) is 5.83. The van der Waals surface area contributed by atoms with Crippen molar-refractivity contribution in [1.29, 1.82) is 0 Å². The van der Waals surface area contributed by atoms with Crippen molar-refractivity contribution < 1.29 is 9.13 Å². The zero-order chi connectivity index (χ0) is 18.4. The Morgan fingerprint density at radius 1 is 0.923 bits per heavy atom. The van der Waals surface area contributed by atoms with Gasteiger partial charge in [0.05, 0.1) is 7.11 Å². The molecule has 0 fully saturated rings. The third kappa shape index (κ3) is 4.69. The summed E-state index contributed by atoms with van der Waals surface area (Å²) in [6.07, 6.45) is 0. The fraction of sp³-hybridized carbons (Fsp3) is 0.200. The van der Waals surface area contributed by atoms with Crippen LogP contribution in [-0.4, -0.2) is 17.1 Å². The van der Waals surface area contributed by atoms with Crippen LogP contribution < -0.4 is 15.4 Å². The molecule has 6 heteroatoms. The monoisotopic (exact) mass is 352 g/mol. The Morgan fingerprint density at radius 3 is 2.23 bits per heavy atom. The number of rotatable bonds is 7. The minimum Gasteiger partial charge on any atom is -0.497 e. The van der Waals surface area contributed by atoms with Gasteiger partial charge in [0.15, 0.2) is 0 Å². The molecule has 0 saturated heterocycles. The largest absolute Gasteiger partial charge is 0.497 e. The zero-order valence-electron chi connectivity index (χ0n) is 14.8. The lowest BCUT2D eigenvalue weighted by Gasteiger charge is -2.11. The number of anilines is 2. The Morgan fingerprint density at radius 2 is 1.58 bits per heavy atom. The number of hydrogen-bond donors (Lipinski definition) is 2. The van der Waals surface area contributed by atoms with E-state index in [1.165, 1.54) is 6.07 Å². The lowest BCUT2D eigenvalue weighted by molar-refractivity contribution is 0.414. The summed E-state index contributed by atoms with van der Waals surface area (Å²) < 4.78 is 18.9. The van der Waals surface area contributed by atoms with Crippen molar-refractivity contribution in [2.24, 2.45) is 0 Å². The first kappa shape index (κ1) is 17.7. The lowest BCUT2D eigenvalue weighted by atomic mass is 10.2. The van der Waals surface area contributed by atoms with Crippen molar-refractivity contribution in [3.8, 4) is 5.75 Å². The number of methoxy groups -OCH3 is 1. The van der Waals surface area contributed by atoms with Crippen LogP contribution in [0, 0.1) is 12.7 Å². The molecule has 0 amide bonds. The zero-order valence-corrected chi connectivity index (χ0v) is 14.8. The van der Waals surface area contributed by atoms with E-state index in [2.05, 4.69) is 20.6 Å². The third-order valence-electron chi connectivity index (χ3n) is 3.89. The van der Waals surface area contributed by atoms with E-state index in [4.69, 9.17) is 4.74 Å². The molecule has 0 unspecified atom stereocenters. The molecule has 1 heterocycles. The van der Waals surface area contributed by atoms with Crippen LogP contribution in [0.5, 0.6) is 5.75 Å². The van der Waals surface area contributed by atoms with Crippen LogP contribution in [0.15, 0.2) is 54.6 Å². The predicted molar refractivity (Wildman–Crippen MR) is 101 cm³/mol. The van der Waals surface area contributed by atoms with Crippen LogP contribution in [-0.2, 0) is 13.1 Å². The average molecular weight is 352 g/mol. The summed E-state index contributed by atoms with van der Waals surface area (Å²) in [7, 11) is 1.65. The minimum absolute atomic E-state index is 0.233. The lowest BCUT2D eigenvalue weighted by Crippen LogP contribution is -2.07. The standard InChI is InChI=1S/C20H21FN4O/c1-14-24-19(22-12-15-7-9-17(26-2)10-8-15)11-20(25-14)23-13-16-5-3-4-6-18(16)21/h3-11H,12-13H2,1-2H3,(H2,22,23,24,25). The van der Waals surface area contributed by atoms with E-state index in [-0.39, 0.29) is 5.82 Å². The fourth-order valence-corrected chi connectivity index (χ4v) is 2.51. The number of nitrogens with zero attached hydrogens (tertiary/aromatic N) is 2. The summed E-state index contributed by atoms with van der Waals surface area (Å²) in [6, 6.07) is 16.3. The van der Waals surface area contributed by atoms with Gasteiger partial charge in [0.2, 0.25) is 0 Å². The topological polar surface area (TPSA) is 59.1 Å². The molecule has 0 radical (unpaired) electrons. The van der Waals surface area contributed by atoms with Crippen molar-refractivity contribution >= 4 is 11.6 Å². The van der Waals surface area contributed by atoms with Gasteiger partial charge in [-0.05, 0) is 30.7 Å². The molecular formula is C20H21FN4O. The molecule has 2 N–H and O–H groups in total. The average Bonchev–Trinajstić information content (AvgIpc) is 2.66. The summed E-state index contributed by atoms with van der Waals surface area (Å²) in [5.41, 5.74) is 1.71. The molecular weight excluding hydrogens is 331 g/mol. The van der Waals surface area contributed by atoms with Crippen LogP contribution in [0.2, 0.25) is 0 Å². The molecule has 2 aromatic carbocycles. The normalized spacial score (nSPS) is 10.4. The second kappa shape index (κ2) is 8.29. The van der Waals surface area contributed by atoms with Gasteiger partial charge in [-0.2, -0.15) is 0 Å². The van der Waals surface area contributed by atoms with Crippen molar-refractivity contribution in [3.05, 3.63) is 77.4 Å². The molecule has 134 valence electrons. The van der Waals surface area contributed by atoms with E-state index in [0.29, 0.717) is 36.1 Å². The number of benzene rings is 2.